The zero-order valence-corrected chi connectivity index (χ0v) is 21.4. The Morgan fingerprint density at radius 1 is 1.21 bits per heavy atom. The molecule has 0 radical (unpaired) electrons. The second-order valence-electron chi connectivity index (χ2n) is 10.9. The third-order valence-electron chi connectivity index (χ3n) is 6.87. The summed E-state index contributed by atoms with van der Waals surface area (Å²) in [6.45, 7) is 8.96. The molecule has 0 saturated carbocycles. The van der Waals surface area contributed by atoms with Crippen LogP contribution < -0.4 is 5.32 Å². The molecule has 1 amide bonds. The fourth-order valence-corrected chi connectivity index (χ4v) is 6.45. The van der Waals surface area contributed by atoms with Gasteiger partial charge < -0.3 is 10.1 Å². The van der Waals surface area contributed by atoms with E-state index in [1.807, 2.05) is 0 Å². The molecular formula is C27H36F2N2O2S. The van der Waals surface area contributed by atoms with Gasteiger partial charge >= 0.3 is 6.09 Å². The summed E-state index contributed by atoms with van der Waals surface area (Å²) >= 11 is 1.75. The molecule has 2 aliphatic heterocycles. The van der Waals surface area contributed by atoms with Crippen LogP contribution in [0.25, 0.3) is 0 Å². The molecule has 186 valence electrons. The van der Waals surface area contributed by atoms with Gasteiger partial charge in [-0.15, -0.1) is 0 Å². The smallest absolute Gasteiger partial charge is 0.407 e. The number of amides is 1. The first-order valence-corrected chi connectivity index (χ1v) is 13.2. The molecule has 1 aromatic rings. The summed E-state index contributed by atoms with van der Waals surface area (Å²) in [7, 11) is 0. The van der Waals surface area contributed by atoms with Gasteiger partial charge in [-0.1, -0.05) is 50.9 Å². The number of cyclic esters (lactones) is 1. The SMILES string of the molecule is C[C@H]1CCC(C2=CCCC=C2)SN1Cc1cc(F)c(C(CC(C)(C)C)C2CNC(=O)O2)cc1F. The molecule has 0 bridgehead atoms. The van der Waals surface area contributed by atoms with Gasteiger partial charge in [0.25, 0.3) is 0 Å². The largest absolute Gasteiger partial charge is 0.444 e. The molecule has 2 fully saturated rings. The van der Waals surface area contributed by atoms with Crippen LogP contribution in [0.2, 0.25) is 0 Å². The Hall–Kier alpha value is -1.86. The van der Waals surface area contributed by atoms with Crippen molar-refractivity contribution in [3.8, 4) is 0 Å². The van der Waals surface area contributed by atoms with Crippen LogP contribution in [0.15, 0.2) is 35.9 Å². The van der Waals surface area contributed by atoms with Crippen molar-refractivity contribution in [3.05, 3.63) is 58.7 Å². The lowest BCUT2D eigenvalue weighted by Crippen LogP contribution is -2.35. The molecule has 2 saturated heterocycles. The fourth-order valence-electron chi connectivity index (χ4n) is 5.06. The highest BCUT2D eigenvalue weighted by atomic mass is 32.2. The third kappa shape index (κ3) is 6.03. The Morgan fingerprint density at radius 3 is 2.65 bits per heavy atom. The van der Waals surface area contributed by atoms with E-state index in [0.717, 1.165) is 25.7 Å². The summed E-state index contributed by atoms with van der Waals surface area (Å²) < 4.78 is 38.4. The van der Waals surface area contributed by atoms with Crippen molar-refractivity contribution in [3.63, 3.8) is 0 Å². The summed E-state index contributed by atoms with van der Waals surface area (Å²) in [6, 6.07) is 2.96. The molecule has 4 rings (SSSR count). The Bertz CT molecular complexity index is 972. The lowest BCUT2D eigenvalue weighted by Gasteiger charge is -2.38. The number of rotatable bonds is 6. The minimum Gasteiger partial charge on any atom is -0.444 e. The highest BCUT2D eigenvalue weighted by Gasteiger charge is 2.37. The van der Waals surface area contributed by atoms with Crippen LogP contribution in [0.4, 0.5) is 13.6 Å². The summed E-state index contributed by atoms with van der Waals surface area (Å²) in [6.07, 6.45) is 10.6. The van der Waals surface area contributed by atoms with Gasteiger partial charge in [-0.05, 0) is 67.7 Å². The molecule has 7 heteroatoms. The van der Waals surface area contributed by atoms with Gasteiger partial charge in [0.1, 0.15) is 17.7 Å². The number of carbonyl (C=O) groups excluding carboxylic acids is 1. The number of hydrogen-bond donors (Lipinski definition) is 1. The second-order valence-corrected chi connectivity index (χ2v) is 12.2. The van der Waals surface area contributed by atoms with Gasteiger partial charge in [0.2, 0.25) is 0 Å². The quantitative estimate of drug-likeness (QED) is 0.442. The number of hydrogen-bond acceptors (Lipinski definition) is 4. The van der Waals surface area contributed by atoms with Crippen molar-refractivity contribution >= 4 is 18.0 Å². The highest BCUT2D eigenvalue weighted by molar-refractivity contribution is 7.97. The average molecular weight is 491 g/mol. The number of benzene rings is 1. The van der Waals surface area contributed by atoms with Crippen LogP contribution in [-0.2, 0) is 11.3 Å². The maximum atomic E-state index is 15.5. The molecule has 34 heavy (non-hydrogen) atoms. The van der Waals surface area contributed by atoms with E-state index in [0.29, 0.717) is 30.3 Å². The molecule has 4 nitrogen and oxygen atoms in total. The predicted octanol–water partition coefficient (Wildman–Crippen LogP) is 6.87. The maximum absolute atomic E-state index is 15.5. The second kappa shape index (κ2) is 10.4. The van der Waals surface area contributed by atoms with Gasteiger partial charge in [0.05, 0.1) is 6.54 Å². The van der Waals surface area contributed by atoms with E-state index >= 15 is 8.78 Å². The summed E-state index contributed by atoms with van der Waals surface area (Å²) in [5.41, 5.74) is 1.86. The molecule has 1 aliphatic carbocycles. The van der Waals surface area contributed by atoms with Crippen molar-refractivity contribution < 1.29 is 18.3 Å². The molecule has 1 N–H and O–H groups in total. The number of alkyl carbamates (subject to hydrolysis) is 1. The number of carbonyl (C=O) groups is 1. The topological polar surface area (TPSA) is 41.6 Å². The number of allylic oxidation sites excluding steroid dienone is 3. The zero-order valence-electron chi connectivity index (χ0n) is 20.6. The van der Waals surface area contributed by atoms with Crippen LogP contribution in [0, 0.1) is 17.0 Å². The van der Waals surface area contributed by atoms with Crippen molar-refractivity contribution in [1.82, 2.24) is 9.62 Å². The first-order chi connectivity index (χ1) is 16.1. The van der Waals surface area contributed by atoms with Crippen molar-refractivity contribution in [1.29, 1.82) is 0 Å². The van der Waals surface area contributed by atoms with E-state index in [-0.39, 0.29) is 17.0 Å². The monoisotopic (exact) mass is 490 g/mol. The van der Waals surface area contributed by atoms with Gasteiger partial charge in [0, 0.05) is 29.3 Å². The summed E-state index contributed by atoms with van der Waals surface area (Å²) in [4.78, 5) is 11.6. The Morgan fingerprint density at radius 2 is 2.00 bits per heavy atom. The Labute approximate surface area is 206 Å². The van der Waals surface area contributed by atoms with Crippen molar-refractivity contribution in [2.24, 2.45) is 5.41 Å². The lowest BCUT2D eigenvalue weighted by atomic mass is 9.78. The van der Waals surface area contributed by atoms with Crippen LogP contribution >= 0.6 is 11.9 Å². The summed E-state index contributed by atoms with van der Waals surface area (Å²) in [5, 5.41) is 3.01. The number of nitrogens with zero attached hydrogens (tertiary/aromatic N) is 1. The van der Waals surface area contributed by atoms with E-state index in [1.54, 1.807) is 11.9 Å². The van der Waals surface area contributed by atoms with Crippen LogP contribution in [0.3, 0.4) is 0 Å². The molecule has 3 aliphatic rings. The lowest BCUT2D eigenvalue weighted by molar-refractivity contribution is 0.111. The molecule has 1 aromatic carbocycles. The van der Waals surface area contributed by atoms with Gasteiger partial charge in [-0.2, -0.15) is 0 Å². The van der Waals surface area contributed by atoms with Gasteiger partial charge in [0.15, 0.2) is 0 Å². The third-order valence-corrected chi connectivity index (χ3v) is 8.40. The number of halogens is 2. The van der Waals surface area contributed by atoms with E-state index in [4.69, 9.17) is 4.74 Å². The normalized spacial score (nSPS) is 26.7. The fraction of sp³-hybridized carbons (Fsp3) is 0.593. The van der Waals surface area contributed by atoms with Crippen molar-refractivity contribution in [2.45, 2.75) is 89.7 Å². The minimum atomic E-state index is -0.512. The summed E-state index contributed by atoms with van der Waals surface area (Å²) in [5.74, 6) is -1.25. The maximum Gasteiger partial charge on any atom is 0.407 e. The molecule has 0 aromatic heterocycles. The van der Waals surface area contributed by atoms with Crippen molar-refractivity contribution in [2.75, 3.05) is 6.54 Å². The molecule has 4 atom stereocenters. The van der Waals surface area contributed by atoms with E-state index in [9.17, 15) is 4.79 Å². The molecular weight excluding hydrogens is 454 g/mol. The van der Waals surface area contributed by atoms with Crippen LogP contribution in [0.1, 0.15) is 76.8 Å². The standard InChI is InChI=1S/C27H36F2N2O2S/c1-17-10-11-25(18-8-6-5-7-9-18)34-31(17)16-19-12-23(29)20(13-22(19)28)21(14-27(2,3)4)24-15-30-26(32)33-24/h6,8-9,12-13,17,21,24-25H,5,7,10-11,14-16H2,1-4H3,(H,30,32)/t17-,21?,24?,25?/m0/s1. The Balaban J connectivity index is 1.54. The van der Waals surface area contributed by atoms with Gasteiger partial charge in [-0.3, -0.25) is 0 Å². The Kier molecular flexibility index (Phi) is 7.72. The van der Waals surface area contributed by atoms with E-state index in [2.05, 4.69) is 55.5 Å². The average Bonchev–Trinajstić information content (AvgIpc) is 3.22. The number of ether oxygens (including phenoxy) is 1. The van der Waals surface area contributed by atoms with E-state index in [1.165, 1.54) is 17.7 Å². The molecule has 3 unspecified atom stereocenters. The molecule has 2 heterocycles. The van der Waals surface area contributed by atoms with E-state index < -0.39 is 29.7 Å². The first-order valence-electron chi connectivity index (χ1n) is 12.3. The molecule has 0 spiro atoms. The predicted molar refractivity (Wildman–Crippen MR) is 134 cm³/mol. The van der Waals surface area contributed by atoms with Crippen LogP contribution in [0.5, 0.6) is 0 Å². The van der Waals surface area contributed by atoms with Gasteiger partial charge in [-0.25, -0.2) is 17.9 Å². The highest BCUT2D eigenvalue weighted by Crippen LogP contribution is 2.40. The zero-order chi connectivity index (χ0) is 24.5. The first kappa shape index (κ1) is 25.2. The van der Waals surface area contributed by atoms with Crippen LogP contribution in [-0.4, -0.2) is 34.3 Å². The number of nitrogens with one attached hydrogen (secondary N) is 1. The minimum absolute atomic E-state index is 0.140.